The zero-order chi connectivity index (χ0) is 17.7. The first-order valence-corrected chi connectivity index (χ1v) is 7.66. The van der Waals surface area contributed by atoms with Crippen LogP contribution < -0.4 is 9.47 Å². The SMILES string of the molecule is COc1cccc(C(=O)C(C#N)=Cc2cc(OC)c(O)cc2Br)c1. The van der Waals surface area contributed by atoms with Crippen molar-refractivity contribution in [1.29, 1.82) is 5.26 Å². The minimum atomic E-state index is -0.421. The molecule has 0 amide bonds. The number of nitrogens with zero attached hydrogens (tertiary/aromatic N) is 1. The number of phenols is 1. The Hall–Kier alpha value is -2.78. The summed E-state index contributed by atoms with van der Waals surface area (Å²) < 4.78 is 10.7. The van der Waals surface area contributed by atoms with Gasteiger partial charge in [0.05, 0.1) is 14.2 Å². The van der Waals surface area contributed by atoms with Crippen molar-refractivity contribution in [2.75, 3.05) is 14.2 Å². The van der Waals surface area contributed by atoms with Crippen LogP contribution in [0.5, 0.6) is 17.2 Å². The lowest BCUT2D eigenvalue weighted by Crippen LogP contribution is -2.02. The highest BCUT2D eigenvalue weighted by Crippen LogP contribution is 2.33. The Morgan fingerprint density at radius 3 is 2.62 bits per heavy atom. The van der Waals surface area contributed by atoms with Gasteiger partial charge in [-0.1, -0.05) is 28.1 Å². The molecule has 2 aromatic rings. The van der Waals surface area contributed by atoms with Gasteiger partial charge in [0.1, 0.15) is 17.4 Å². The molecular formula is C18H14BrNO4. The molecule has 0 bridgehead atoms. The third kappa shape index (κ3) is 3.76. The predicted molar refractivity (Wildman–Crippen MR) is 93.3 cm³/mol. The van der Waals surface area contributed by atoms with E-state index < -0.39 is 5.78 Å². The number of phenolic OH excluding ortho intramolecular Hbond substituents is 1. The Bertz CT molecular complexity index is 853. The zero-order valence-corrected chi connectivity index (χ0v) is 14.6. The third-order valence-electron chi connectivity index (χ3n) is 3.30. The van der Waals surface area contributed by atoms with Crippen molar-refractivity contribution in [2.45, 2.75) is 0 Å². The van der Waals surface area contributed by atoms with Gasteiger partial charge >= 0.3 is 0 Å². The third-order valence-corrected chi connectivity index (χ3v) is 3.98. The molecule has 0 aliphatic heterocycles. The molecule has 0 spiro atoms. The first kappa shape index (κ1) is 17.6. The summed E-state index contributed by atoms with van der Waals surface area (Å²) in [7, 11) is 2.92. The summed E-state index contributed by atoms with van der Waals surface area (Å²) in [5, 5.41) is 19.1. The number of hydrogen-bond acceptors (Lipinski definition) is 5. The van der Waals surface area contributed by atoms with Gasteiger partial charge in [-0.3, -0.25) is 4.79 Å². The summed E-state index contributed by atoms with van der Waals surface area (Å²) in [4.78, 5) is 12.5. The predicted octanol–water partition coefficient (Wildman–Crippen LogP) is 3.96. The number of rotatable bonds is 5. The second-order valence-corrected chi connectivity index (χ2v) is 5.63. The number of Topliss-reactive ketones (excluding diaryl/α,β-unsaturated/α-hetero) is 1. The largest absolute Gasteiger partial charge is 0.504 e. The molecule has 0 radical (unpaired) electrons. The van der Waals surface area contributed by atoms with Crippen molar-refractivity contribution in [1.82, 2.24) is 0 Å². The number of allylic oxidation sites excluding steroid dienone is 1. The molecule has 0 heterocycles. The van der Waals surface area contributed by atoms with E-state index in [0.29, 0.717) is 21.3 Å². The van der Waals surface area contributed by atoms with Gasteiger partial charge in [-0.2, -0.15) is 5.26 Å². The zero-order valence-electron chi connectivity index (χ0n) is 13.0. The molecule has 0 atom stereocenters. The van der Waals surface area contributed by atoms with E-state index in [1.807, 2.05) is 6.07 Å². The van der Waals surface area contributed by atoms with Crippen molar-refractivity contribution >= 4 is 27.8 Å². The van der Waals surface area contributed by atoms with Gasteiger partial charge in [0, 0.05) is 10.0 Å². The summed E-state index contributed by atoms with van der Waals surface area (Å²) in [5.41, 5.74) is 0.846. The molecule has 2 aromatic carbocycles. The Morgan fingerprint density at radius 2 is 2.00 bits per heavy atom. The summed E-state index contributed by atoms with van der Waals surface area (Å²) in [6, 6.07) is 11.5. The van der Waals surface area contributed by atoms with Crippen LogP contribution in [-0.2, 0) is 0 Å². The van der Waals surface area contributed by atoms with Crippen molar-refractivity contribution in [3.63, 3.8) is 0 Å². The summed E-state index contributed by atoms with van der Waals surface area (Å²) >= 11 is 3.30. The Balaban J connectivity index is 2.46. The van der Waals surface area contributed by atoms with E-state index in [0.717, 1.165) is 0 Å². The van der Waals surface area contributed by atoms with E-state index in [2.05, 4.69) is 15.9 Å². The fourth-order valence-electron chi connectivity index (χ4n) is 2.06. The first-order chi connectivity index (χ1) is 11.5. The number of nitriles is 1. The van der Waals surface area contributed by atoms with E-state index >= 15 is 0 Å². The molecule has 1 N–H and O–H groups in total. The topological polar surface area (TPSA) is 79.6 Å². The van der Waals surface area contributed by atoms with Gasteiger partial charge in [-0.05, 0) is 35.9 Å². The van der Waals surface area contributed by atoms with Gasteiger partial charge in [0.2, 0.25) is 5.78 Å². The maximum absolute atomic E-state index is 12.5. The van der Waals surface area contributed by atoms with Crippen LogP contribution in [0.4, 0.5) is 0 Å². The van der Waals surface area contributed by atoms with Crippen LogP contribution in [0, 0.1) is 11.3 Å². The number of halogens is 1. The molecule has 0 fully saturated rings. The van der Waals surface area contributed by atoms with Gasteiger partial charge in [-0.25, -0.2) is 0 Å². The quantitative estimate of drug-likeness (QED) is 0.477. The van der Waals surface area contributed by atoms with Crippen molar-refractivity contribution in [2.24, 2.45) is 0 Å². The molecule has 24 heavy (non-hydrogen) atoms. The monoisotopic (exact) mass is 387 g/mol. The average Bonchev–Trinajstić information content (AvgIpc) is 2.60. The lowest BCUT2D eigenvalue weighted by atomic mass is 10.0. The fraction of sp³-hybridized carbons (Fsp3) is 0.111. The normalized spacial score (nSPS) is 10.8. The highest BCUT2D eigenvalue weighted by Gasteiger charge is 2.15. The Labute approximate surface area is 147 Å². The van der Waals surface area contributed by atoms with E-state index in [9.17, 15) is 15.2 Å². The van der Waals surface area contributed by atoms with E-state index in [1.54, 1.807) is 24.3 Å². The molecular weight excluding hydrogens is 374 g/mol. The summed E-state index contributed by atoms with van der Waals surface area (Å²) in [5.74, 6) is 0.315. The van der Waals surface area contributed by atoms with Crippen molar-refractivity contribution < 1.29 is 19.4 Å². The lowest BCUT2D eigenvalue weighted by Gasteiger charge is -2.07. The Kier molecular flexibility index (Phi) is 5.61. The van der Waals surface area contributed by atoms with Gasteiger partial charge < -0.3 is 14.6 Å². The minimum Gasteiger partial charge on any atom is -0.504 e. The van der Waals surface area contributed by atoms with Crippen LogP contribution in [0.25, 0.3) is 6.08 Å². The maximum Gasteiger partial charge on any atom is 0.203 e. The molecule has 6 heteroatoms. The van der Waals surface area contributed by atoms with Crippen LogP contribution in [0.15, 0.2) is 46.4 Å². The second kappa shape index (κ2) is 7.66. The molecule has 0 aromatic heterocycles. The number of ketones is 1. The van der Waals surface area contributed by atoms with Crippen LogP contribution in [0.1, 0.15) is 15.9 Å². The fourth-order valence-corrected chi connectivity index (χ4v) is 2.50. The first-order valence-electron chi connectivity index (χ1n) is 6.87. The molecule has 0 aliphatic carbocycles. The minimum absolute atomic E-state index is 0.0424. The van der Waals surface area contributed by atoms with Crippen LogP contribution in [0.2, 0.25) is 0 Å². The number of ether oxygens (including phenoxy) is 2. The van der Waals surface area contributed by atoms with Crippen molar-refractivity contribution in [3.05, 3.63) is 57.6 Å². The Morgan fingerprint density at radius 1 is 1.25 bits per heavy atom. The smallest absolute Gasteiger partial charge is 0.203 e. The van der Waals surface area contributed by atoms with Crippen molar-refractivity contribution in [3.8, 4) is 23.3 Å². The molecule has 5 nitrogen and oxygen atoms in total. The van der Waals surface area contributed by atoms with E-state index in [-0.39, 0.29) is 17.1 Å². The average molecular weight is 388 g/mol. The molecule has 0 aliphatic rings. The molecule has 2 rings (SSSR count). The van der Waals surface area contributed by atoms with Crippen LogP contribution in [-0.4, -0.2) is 25.1 Å². The van der Waals surface area contributed by atoms with Gasteiger partial charge in [0.25, 0.3) is 0 Å². The molecule has 0 saturated heterocycles. The number of benzene rings is 2. The summed E-state index contributed by atoms with van der Waals surface area (Å²) in [6.07, 6.45) is 1.44. The van der Waals surface area contributed by atoms with E-state index in [1.165, 1.54) is 32.4 Å². The standard InChI is InChI=1S/C18H14BrNO4/c1-23-14-5-3-4-11(7-14)18(22)13(10-20)6-12-8-17(24-2)16(21)9-15(12)19/h3-9,21H,1-2H3. The van der Waals surface area contributed by atoms with E-state index in [4.69, 9.17) is 9.47 Å². The number of carbonyl (C=O) groups is 1. The van der Waals surface area contributed by atoms with Crippen LogP contribution >= 0.6 is 15.9 Å². The highest BCUT2D eigenvalue weighted by molar-refractivity contribution is 9.10. The van der Waals surface area contributed by atoms with Gasteiger partial charge in [-0.15, -0.1) is 0 Å². The molecule has 0 saturated carbocycles. The van der Waals surface area contributed by atoms with Gasteiger partial charge in [0.15, 0.2) is 11.5 Å². The van der Waals surface area contributed by atoms with Crippen LogP contribution in [0.3, 0.4) is 0 Å². The number of hydrogen-bond donors (Lipinski definition) is 1. The number of carbonyl (C=O) groups excluding carboxylic acids is 1. The number of aromatic hydroxyl groups is 1. The maximum atomic E-state index is 12.5. The lowest BCUT2D eigenvalue weighted by molar-refractivity contribution is 0.103. The highest BCUT2D eigenvalue weighted by atomic mass is 79.9. The summed E-state index contributed by atoms with van der Waals surface area (Å²) in [6.45, 7) is 0. The molecule has 122 valence electrons. The second-order valence-electron chi connectivity index (χ2n) is 4.78. The molecule has 0 unspecified atom stereocenters. The number of methoxy groups -OCH3 is 2.